The van der Waals surface area contributed by atoms with Crippen molar-refractivity contribution in [3.05, 3.63) is 0 Å². The molecule has 0 aromatic carbocycles. The summed E-state index contributed by atoms with van der Waals surface area (Å²) in [6.45, 7) is 4.81. The van der Waals surface area contributed by atoms with Crippen molar-refractivity contribution in [1.29, 1.82) is 0 Å². The fraction of sp³-hybridized carbons (Fsp3) is 0.812. The van der Waals surface area contributed by atoms with Crippen molar-refractivity contribution >= 4 is 18.9 Å². The number of nitrogens with zero attached hydrogens (tertiary/aromatic N) is 1. The van der Waals surface area contributed by atoms with Crippen LogP contribution in [-0.2, 0) is 14.4 Å². The zero-order valence-electron chi connectivity index (χ0n) is 14.3. The fourth-order valence-electron chi connectivity index (χ4n) is 3.00. The van der Waals surface area contributed by atoms with Gasteiger partial charge in [0, 0.05) is 19.0 Å². The number of nitrogens with one attached hydrogen (secondary N) is 2. The van der Waals surface area contributed by atoms with Gasteiger partial charge in [-0.3, -0.25) is 19.3 Å². The highest BCUT2D eigenvalue weighted by atomic mass is 16.3. The van der Waals surface area contributed by atoms with E-state index < -0.39 is 0 Å². The van der Waals surface area contributed by atoms with Gasteiger partial charge in [-0.05, 0) is 58.3 Å². The standard InChI is InChI=1S/C14H27N3O.2CH2O2/c18-14-12-13-6-1-3-10-17(13)11-4-2-7-15-8-5-9-16-14;2*2-1-3/h13,15H,1-12H2,(H,16,18);2*1H,(H,2,3). The van der Waals surface area contributed by atoms with E-state index in [0.717, 1.165) is 26.1 Å². The van der Waals surface area contributed by atoms with Crippen LogP contribution in [0.5, 0.6) is 0 Å². The number of hydrogen-bond acceptors (Lipinski definition) is 5. The summed E-state index contributed by atoms with van der Waals surface area (Å²) in [6, 6.07) is 0.493. The summed E-state index contributed by atoms with van der Waals surface area (Å²) in [7, 11) is 0. The van der Waals surface area contributed by atoms with E-state index in [-0.39, 0.29) is 18.9 Å². The fourth-order valence-corrected chi connectivity index (χ4v) is 3.00. The molecule has 0 spiro atoms. The van der Waals surface area contributed by atoms with E-state index in [4.69, 9.17) is 19.8 Å². The Labute approximate surface area is 143 Å². The van der Waals surface area contributed by atoms with E-state index in [9.17, 15) is 4.79 Å². The summed E-state index contributed by atoms with van der Waals surface area (Å²) in [5.74, 6) is 0.242. The Balaban J connectivity index is 0.000000772. The molecule has 8 nitrogen and oxygen atoms in total. The van der Waals surface area contributed by atoms with E-state index in [2.05, 4.69) is 15.5 Å². The summed E-state index contributed by atoms with van der Waals surface area (Å²) >= 11 is 0. The molecule has 8 heteroatoms. The van der Waals surface area contributed by atoms with Gasteiger partial charge in [-0.25, -0.2) is 0 Å². The third-order valence-corrected chi connectivity index (χ3v) is 4.07. The molecule has 2 aliphatic heterocycles. The van der Waals surface area contributed by atoms with Crippen molar-refractivity contribution < 1.29 is 24.6 Å². The first-order chi connectivity index (χ1) is 11.7. The molecule has 2 rings (SSSR count). The van der Waals surface area contributed by atoms with Crippen LogP contribution in [0.25, 0.3) is 0 Å². The zero-order chi connectivity index (χ0) is 18.0. The van der Waals surface area contributed by atoms with Crippen molar-refractivity contribution in [1.82, 2.24) is 15.5 Å². The maximum atomic E-state index is 11.9. The summed E-state index contributed by atoms with van der Waals surface area (Å²) in [5.41, 5.74) is 0. The SMILES string of the molecule is O=C1CC2CCCCN2CCCCNCCCN1.O=CO.O=CO. The number of rotatable bonds is 0. The lowest BCUT2D eigenvalue weighted by Crippen LogP contribution is -2.43. The van der Waals surface area contributed by atoms with Crippen LogP contribution >= 0.6 is 0 Å². The highest BCUT2D eigenvalue weighted by Gasteiger charge is 2.24. The summed E-state index contributed by atoms with van der Waals surface area (Å²) < 4.78 is 0. The summed E-state index contributed by atoms with van der Waals surface area (Å²) in [4.78, 5) is 31.1. The molecule has 2 aliphatic rings. The number of carbonyl (C=O) groups is 3. The Morgan fingerprint density at radius 2 is 1.50 bits per heavy atom. The van der Waals surface area contributed by atoms with Gasteiger partial charge in [0.15, 0.2) is 0 Å². The lowest BCUT2D eigenvalue weighted by atomic mass is 9.98. The number of carboxylic acid groups (broad SMARTS) is 2. The smallest absolute Gasteiger partial charge is 0.290 e. The molecule has 4 N–H and O–H groups in total. The number of fused-ring (bicyclic) bond motifs is 1. The average molecular weight is 345 g/mol. The maximum absolute atomic E-state index is 11.9. The lowest BCUT2D eigenvalue weighted by Gasteiger charge is -2.35. The zero-order valence-corrected chi connectivity index (χ0v) is 14.3. The third kappa shape index (κ3) is 11.8. The lowest BCUT2D eigenvalue weighted by molar-refractivity contribution is -0.123. The molecule has 0 saturated carbocycles. The van der Waals surface area contributed by atoms with Crippen LogP contribution in [-0.4, -0.2) is 72.7 Å². The first kappa shape index (κ1) is 22.3. The van der Waals surface area contributed by atoms with E-state index in [0.29, 0.717) is 12.5 Å². The summed E-state index contributed by atoms with van der Waals surface area (Å²) in [5, 5.41) is 20.3. The minimum atomic E-state index is -0.250. The van der Waals surface area contributed by atoms with Gasteiger partial charge in [-0.2, -0.15) is 0 Å². The van der Waals surface area contributed by atoms with Gasteiger partial charge in [-0.15, -0.1) is 0 Å². The minimum absolute atomic E-state index is 0.242. The van der Waals surface area contributed by atoms with E-state index >= 15 is 0 Å². The third-order valence-electron chi connectivity index (χ3n) is 4.07. The number of piperidine rings is 1. The molecular formula is C16H31N3O5. The monoisotopic (exact) mass is 345 g/mol. The molecule has 2 fully saturated rings. The van der Waals surface area contributed by atoms with Crippen molar-refractivity contribution in [2.45, 2.75) is 51.0 Å². The maximum Gasteiger partial charge on any atom is 0.290 e. The van der Waals surface area contributed by atoms with Gasteiger partial charge >= 0.3 is 0 Å². The van der Waals surface area contributed by atoms with Gasteiger partial charge < -0.3 is 20.8 Å². The molecule has 2 heterocycles. The molecule has 24 heavy (non-hydrogen) atoms. The number of hydrogen-bond donors (Lipinski definition) is 4. The molecule has 1 amide bonds. The molecule has 1 unspecified atom stereocenters. The van der Waals surface area contributed by atoms with Gasteiger partial charge in [0.1, 0.15) is 0 Å². The number of carbonyl (C=O) groups excluding carboxylic acids is 1. The van der Waals surface area contributed by atoms with Crippen molar-refractivity contribution in [3.63, 3.8) is 0 Å². The van der Waals surface area contributed by atoms with Crippen LogP contribution in [0.2, 0.25) is 0 Å². The molecule has 1 atom stereocenters. The van der Waals surface area contributed by atoms with Crippen molar-refractivity contribution in [2.75, 3.05) is 32.7 Å². The van der Waals surface area contributed by atoms with E-state index in [1.165, 1.54) is 45.2 Å². The molecule has 0 radical (unpaired) electrons. The molecule has 0 bridgehead atoms. The highest BCUT2D eigenvalue weighted by molar-refractivity contribution is 5.76. The predicted octanol–water partition coefficient (Wildman–Crippen LogP) is 0.522. The Hall–Kier alpha value is -1.67. The van der Waals surface area contributed by atoms with Crippen LogP contribution in [0.1, 0.15) is 44.9 Å². The second-order valence-corrected chi connectivity index (χ2v) is 5.76. The largest absolute Gasteiger partial charge is 0.483 e. The van der Waals surface area contributed by atoms with Crippen LogP contribution in [0.15, 0.2) is 0 Å². The van der Waals surface area contributed by atoms with Crippen LogP contribution in [0, 0.1) is 0 Å². The molecule has 0 aromatic rings. The molecule has 140 valence electrons. The summed E-state index contributed by atoms with van der Waals surface area (Å²) in [6.07, 6.45) is 8.04. The van der Waals surface area contributed by atoms with Gasteiger partial charge in [0.25, 0.3) is 12.9 Å². The quantitative estimate of drug-likeness (QED) is 0.473. The van der Waals surface area contributed by atoms with Gasteiger partial charge in [-0.1, -0.05) is 6.42 Å². The minimum Gasteiger partial charge on any atom is -0.483 e. The van der Waals surface area contributed by atoms with Crippen molar-refractivity contribution in [2.24, 2.45) is 0 Å². The molecule has 2 saturated heterocycles. The van der Waals surface area contributed by atoms with Crippen LogP contribution < -0.4 is 10.6 Å². The first-order valence-electron chi connectivity index (χ1n) is 8.56. The van der Waals surface area contributed by atoms with Gasteiger partial charge in [0.05, 0.1) is 0 Å². The Morgan fingerprint density at radius 1 is 0.917 bits per heavy atom. The topological polar surface area (TPSA) is 119 Å². The molecule has 0 aromatic heterocycles. The molecule has 0 aliphatic carbocycles. The normalized spacial score (nSPS) is 23.0. The average Bonchev–Trinajstić information content (AvgIpc) is 2.57. The van der Waals surface area contributed by atoms with E-state index in [1.807, 2.05) is 0 Å². The Bertz CT molecular complexity index is 336. The second kappa shape index (κ2) is 16.2. The van der Waals surface area contributed by atoms with Crippen LogP contribution in [0.4, 0.5) is 0 Å². The van der Waals surface area contributed by atoms with Crippen LogP contribution in [0.3, 0.4) is 0 Å². The molecular weight excluding hydrogens is 314 g/mol. The Kier molecular flexibility index (Phi) is 15.1. The number of amides is 1. The highest BCUT2D eigenvalue weighted by Crippen LogP contribution is 2.20. The Morgan fingerprint density at radius 3 is 2.17 bits per heavy atom. The van der Waals surface area contributed by atoms with Crippen molar-refractivity contribution in [3.8, 4) is 0 Å². The van der Waals surface area contributed by atoms with E-state index in [1.54, 1.807) is 0 Å². The predicted molar refractivity (Wildman–Crippen MR) is 90.9 cm³/mol. The van der Waals surface area contributed by atoms with Gasteiger partial charge in [0.2, 0.25) is 5.91 Å². The second-order valence-electron chi connectivity index (χ2n) is 5.76. The first-order valence-corrected chi connectivity index (χ1v) is 8.56.